The van der Waals surface area contributed by atoms with Crippen LogP contribution in [-0.4, -0.2) is 53.1 Å². The van der Waals surface area contributed by atoms with E-state index in [-0.39, 0.29) is 40.9 Å². The zero-order valence-electron chi connectivity index (χ0n) is 21.8. The van der Waals surface area contributed by atoms with Crippen LogP contribution in [0.3, 0.4) is 0 Å². The lowest BCUT2D eigenvalue weighted by Gasteiger charge is -2.24. The Bertz CT molecular complexity index is 1270. The van der Waals surface area contributed by atoms with Crippen LogP contribution in [0, 0.1) is 6.92 Å². The minimum atomic E-state index is -0.270. The van der Waals surface area contributed by atoms with E-state index in [0.29, 0.717) is 12.4 Å². The van der Waals surface area contributed by atoms with Crippen molar-refractivity contribution in [2.45, 2.75) is 57.3 Å². The fraction of sp³-hybridized carbons (Fsp3) is 0.464. The van der Waals surface area contributed by atoms with Gasteiger partial charge < -0.3 is 10.1 Å². The van der Waals surface area contributed by atoms with E-state index in [1.165, 1.54) is 0 Å². The summed E-state index contributed by atoms with van der Waals surface area (Å²) in [6.45, 7) is 9.64. The SMILES string of the molecule is Cc1ccccc1-n1nc(C(C)(C)C)c2c1N(CC(=O)NC[C@@H]1CCCO1)C(=O)CS[C@@H]2c1ccsc1. The quantitative estimate of drug-likeness (QED) is 0.478. The van der Waals surface area contributed by atoms with Crippen LogP contribution in [0.25, 0.3) is 5.69 Å². The number of rotatable bonds is 6. The van der Waals surface area contributed by atoms with Crippen molar-refractivity contribution in [3.8, 4) is 5.69 Å². The topological polar surface area (TPSA) is 76.5 Å². The van der Waals surface area contributed by atoms with Gasteiger partial charge in [0.15, 0.2) is 0 Å². The van der Waals surface area contributed by atoms with Crippen molar-refractivity contribution in [2.75, 3.05) is 30.3 Å². The smallest absolute Gasteiger partial charge is 0.240 e. The summed E-state index contributed by atoms with van der Waals surface area (Å²) in [5.41, 5.74) is 4.79. The summed E-state index contributed by atoms with van der Waals surface area (Å²) in [6.07, 6.45) is 2.00. The van der Waals surface area contributed by atoms with Gasteiger partial charge in [-0.25, -0.2) is 4.68 Å². The average molecular weight is 539 g/mol. The van der Waals surface area contributed by atoms with Crippen LogP contribution in [0.15, 0.2) is 41.1 Å². The normalized spacial score (nSPS) is 20.1. The molecular formula is C28H34N4O3S2. The summed E-state index contributed by atoms with van der Waals surface area (Å²) in [5.74, 6) is 0.693. The van der Waals surface area contributed by atoms with E-state index in [2.05, 4.69) is 42.9 Å². The highest BCUT2D eigenvalue weighted by molar-refractivity contribution is 8.00. The molecule has 196 valence electrons. The molecule has 0 bridgehead atoms. The van der Waals surface area contributed by atoms with Crippen molar-refractivity contribution in [1.82, 2.24) is 15.1 Å². The van der Waals surface area contributed by atoms with Crippen LogP contribution in [-0.2, 0) is 19.7 Å². The minimum Gasteiger partial charge on any atom is -0.376 e. The summed E-state index contributed by atoms with van der Waals surface area (Å²) < 4.78 is 7.56. The number of aromatic nitrogens is 2. The van der Waals surface area contributed by atoms with Crippen molar-refractivity contribution >= 4 is 40.7 Å². The fourth-order valence-electron chi connectivity index (χ4n) is 4.96. The standard InChI is InChI=1S/C28H34N4O3S2/c1-18-8-5-6-10-21(18)32-27-24(26(30-32)28(2,3)4)25(19-11-13-36-16-19)37-17-23(34)31(27)15-22(33)29-14-20-9-7-12-35-20/h5-6,8,10-11,13,16,20,25H,7,9,12,14-15,17H2,1-4H3,(H,29,33)/t20-,25+/m0/s1. The van der Waals surface area contributed by atoms with E-state index in [9.17, 15) is 9.59 Å². The zero-order chi connectivity index (χ0) is 26.2. The van der Waals surface area contributed by atoms with Gasteiger partial charge in [-0.05, 0) is 53.8 Å². The lowest BCUT2D eigenvalue weighted by atomic mass is 9.87. The van der Waals surface area contributed by atoms with Gasteiger partial charge in [0.05, 0.1) is 28.5 Å². The molecule has 0 unspecified atom stereocenters. The second kappa shape index (κ2) is 10.6. The van der Waals surface area contributed by atoms with Crippen LogP contribution in [0.2, 0.25) is 0 Å². The third-order valence-corrected chi connectivity index (χ3v) is 8.80. The van der Waals surface area contributed by atoms with Crippen LogP contribution < -0.4 is 10.2 Å². The molecule has 1 aromatic carbocycles. The molecule has 5 rings (SSSR count). The van der Waals surface area contributed by atoms with Gasteiger partial charge in [0.1, 0.15) is 12.4 Å². The maximum atomic E-state index is 13.7. The lowest BCUT2D eigenvalue weighted by molar-refractivity contribution is -0.123. The third kappa shape index (κ3) is 5.35. The van der Waals surface area contributed by atoms with Crippen LogP contribution >= 0.6 is 23.1 Å². The Morgan fingerprint density at radius 3 is 2.73 bits per heavy atom. The van der Waals surface area contributed by atoms with E-state index in [1.54, 1.807) is 28.0 Å². The van der Waals surface area contributed by atoms with Crippen molar-refractivity contribution in [3.63, 3.8) is 0 Å². The van der Waals surface area contributed by atoms with Gasteiger partial charge in [-0.1, -0.05) is 39.0 Å². The number of thiophene rings is 1. The first-order valence-electron chi connectivity index (χ1n) is 12.8. The van der Waals surface area contributed by atoms with Gasteiger partial charge in [0.25, 0.3) is 0 Å². The van der Waals surface area contributed by atoms with Crippen LogP contribution in [0.5, 0.6) is 0 Å². The van der Waals surface area contributed by atoms with Gasteiger partial charge in [-0.2, -0.15) is 16.4 Å². The van der Waals surface area contributed by atoms with Crippen LogP contribution in [0.1, 0.15) is 61.2 Å². The molecule has 1 fully saturated rings. The molecule has 37 heavy (non-hydrogen) atoms. The number of hydrogen-bond donors (Lipinski definition) is 1. The second-order valence-electron chi connectivity index (χ2n) is 10.7. The first-order valence-corrected chi connectivity index (χ1v) is 14.7. The number of carbonyl (C=O) groups is 2. The number of fused-ring (bicyclic) bond motifs is 1. The molecule has 2 amide bonds. The molecule has 9 heteroatoms. The Morgan fingerprint density at radius 2 is 2.05 bits per heavy atom. The molecule has 0 saturated carbocycles. The van der Waals surface area contributed by atoms with E-state index >= 15 is 0 Å². The van der Waals surface area contributed by atoms with Crippen molar-refractivity contribution in [1.29, 1.82) is 0 Å². The number of para-hydroxylation sites is 1. The molecule has 2 aliphatic rings. The minimum absolute atomic E-state index is 0.0443. The van der Waals surface area contributed by atoms with E-state index in [0.717, 1.165) is 47.5 Å². The molecule has 0 spiro atoms. The summed E-state index contributed by atoms with van der Waals surface area (Å²) in [4.78, 5) is 28.5. The number of amides is 2. The number of ether oxygens (including phenoxy) is 1. The van der Waals surface area contributed by atoms with Gasteiger partial charge in [-0.3, -0.25) is 14.5 Å². The first kappa shape index (κ1) is 26.0. The molecule has 1 saturated heterocycles. The molecular weight excluding hydrogens is 504 g/mol. The highest BCUT2D eigenvalue weighted by atomic mass is 32.2. The second-order valence-corrected chi connectivity index (χ2v) is 12.6. The molecule has 1 N–H and O–H groups in total. The van der Waals surface area contributed by atoms with Gasteiger partial charge in [0, 0.05) is 24.1 Å². The third-order valence-electron chi connectivity index (χ3n) is 6.84. The summed E-state index contributed by atoms with van der Waals surface area (Å²) in [5, 5.41) is 12.3. The number of anilines is 1. The van der Waals surface area contributed by atoms with Crippen molar-refractivity contribution in [2.24, 2.45) is 0 Å². The molecule has 0 aliphatic carbocycles. The molecule has 2 atom stereocenters. The summed E-state index contributed by atoms with van der Waals surface area (Å²) in [6, 6.07) is 10.2. The number of carbonyl (C=O) groups excluding carboxylic acids is 2. The fourth-order valence-corrected chi connectivity index (χ4v) is 6.92. The lowest BCUT2D eigenvalue weighted by Crippen LogP contribution is -2.44. The summed E-state index contributed by atoms with van der Waals surface area (Å²) >= 11 is 3.26. The number of benzene rings is 1. The molecule has 4 heterocycles. The van der Waals surface area contributed by atoms with Gasteiger partial charge >= 0.3 is 0 Å². The number of nitrogens with zero attached hydrogens (tertiary/aromatic N) is 3. The number of hydrogen-bond acceptors (Lipinski definition) is 6. The number of nitrogens with one attached hydrogen (secondary N) is 1. The Labute approximate surface area is 226 Å². The average Bonchev–Trinajstić information content (AvgIpc) is 3.62. The Kier molecular flexibility index (Phi) is 7.47. The van der Waals surface area contributed by atoms with Crippen LogP contribution in [0.4, 0.5) is 5.82 Å². The molecule has 2 aromatic heterocycles. The molecule has 2 aliphatic heterocycles. The highest BCUT2D eigenvalue weighted by Gasteiger charge is 2.40. The molecule has 0 radical (unpaired) electrons. The summed E-state index contributed by atoms with van der Waals surface area (Å²) in [7, 11) is 0. The zero-order valence-corrected chi connectivity index (χ0v) is 23.5. The first-order chi connectivity index (χ1) is 17.7. The Balaban J connectivity index is 1.64. The van der Waals surface area contributed by atoms with Gasteiger partial charge in [-0.15, -0.1) is 11.8 Å². The van der Waals surface area contributed by atoms with Crippen molar-refractivity contribution in [3.05, 3.63) is 63.5 Å². The van der Waals surface area contributed by atoms with E-state index in [1.807, 2.05) is 35.9 Å². The number of thioether (sulfide) groups is 1. The van der Waals surface area contributed by atoms with E-state index in [4.69, 9.17) is 9.84 Å². The van der Waals surface area contributed by atoms with Crippen molar-refractivity contribution < 1.29 is 14.3 Å². The number of aryl methyl sites for hydroxylation is 1. The Hall–Kier alpha value is -2.62. The predicted octanol–water partition coefficient (Wildman–Crippen LogP) is 5.00. The monoisotopic (exact) mass is 538 g/mol. The highest BCUT2D eigenvalue weighted by Crippen LogP contribution is 2.48. The molecule has 7 nitrogen and oxygen atoms in total. The predicted molar refractivity (Wildman–Crippen MR) is 150 cm³/mol. The largest absolute Gasteiger partial charge is 0.376 e. The molecule has 3 aromatic rings. The van der Waals surface area contributed by atoms with Gasteiger partial charge in [0.2, 0.25) is 11.8 Å². The maximum absolute atomic E-state index is 13.7. The Morgan fingerprint density at radius 1 is 1.24 bits per heavy atom. The van der Waals surface area contributed by atoms with E-state index < -0.39 is 0 Å². The maximum Gasteiger partial charge on any atom is 0.240 e.